The molecule has 0 bridgehead atoms. The van der Waals surface area contributed by atoms with Gasteiger partial charge in [-0.15, -0.1) is 0 Å². The fourth-order valence-corrected chi connectivity index (χ4v) is 4.73. The zero-order valence-corrected chi connectivity index (χ0v) is 6.55. The second kappa shape index (κ2) is 2.77. The zero-order chi connectivity index (χ0) is 5.11. The van der Waals surface area contributed by atoms with Crippen molar-refractivity contribution in [2.24, 2.45) is 0 Å². The van der Waals surface area contributed by atoms with Crippen molar-refractivity contribution in [2.75, 3.05) is 11.1 Å². The molecule has 1 saturated heterocycles. The minimum atomic E-state index is 0.170. The quantitative estimate of drug-likeness (QED) is 0.452. The van der Waals surface area contributed by atoms with Gasteiger partial charge < -0.3 is 0 Å². The highest BCUT2D eigenvalue weighted by molar-refractivity contribution is 8.00. The molecular weight excluding hydrogens is 120 g/mol. The minimum absolute atomic E-state index is 0.170. The number of rotatable bonds is 0. The van der Waals surface area contributed by atoms with Crippen LogP contribution in [0.5, 0.6) is 0 Å². The highest BCUT2D eigenvalue weighted by Gasteiger charge is 2.08. The Morgan fingerprint density at radius 3 is 2.71 bits per heavy atom. The monoisotopic (exact) mass is 131 g/mol. The van der Waals surface area contributed by atoms with Gasteiger partial charge in [-0.25, -0.2) is 0 Å². The van der Waals surface area contributed by atoms with Crippen LogP contribution in [0.25, 0.3) is 0 Å². The maximum Gasteiger partial charge on any atom is 0.0562 e. The van der Waals surface area contributed by atoms with E-state index in [2.05, 4.69) is 18.3 Å². The second-order valence-corrected chi connectivity index (χ2v) is 6.50. The summed E-state index contributed by atoms with van der Waals surface area (Å²) in [7, 11) is 0.170. The molecule has 0 aliphatic carbocycles. The molecule has 0 unspecified atom stereocenters. The summed E-state index contributed by atoms with van der Waals surface area (Å²) in [5.41, 5.74) is 0. The number of hydrogen-bond donors (Lipinski definition) is 0. The molecule has 1 radical (unpaired) electrons. The van der Waals surface area contributed by atoms with Crippen molar-refractivity contribution in [1.82, 2.24) is 0 Å². The Labute approximate surface area is 51.3 Å². The van der Waals surface area contributed by atoms with Gasteiger partial charge in [-0.3, -0.25) is 0 Å². The van der Waals surface area contributed by atoms with Gasteiger partial charge in [0.25, 0.3) is 0 Å². The lowest BCUT2D eigenvalue weighted by Crippen LogP contribution is -2.15. The van der Waals surface area contributed by atoms with Gasteiger partial charge in [-0.05, 0) is 17.5 Å². The molecule has 0 saturated carbocycles. The van der Waals surface area contributed by atoms with Crippen LogP contribution in [-0.4, -0.2) is 19.9 Å². The first kappa shape index (κ1) is 5.70. The molecule has 0 spiro atoms. The van der Waals surface area contributed by atoms with Crippen LogP contribution in [0, 0.1) is 0 Å². The molecule has 0 aromatic rings. The smallest absolute Gasteiger partial charge is 0.0562 e. The van der Waals surface area contributed by atoms with Crippen LogP contribution in [0.4, 0.5) is 0 Å². The van der Waals surface area contributed by atoms with Crippen LogP contribution in [0.3, 0.4) is 0 Å². The Morgan fingerprint density at radius 2 is 2.43 bits per heavy atom. The fraction of sp³-hybridized carbons (Fsp3) is 1.00. The van der Waals surface area contributed by atoms with Crippen LogP contribution < -0.4 is 0 Å². The molecule has 41 valence electrons. The van der Waals surface area contributed by atoms with Crippen LogP contribution in [0.1, 0.15) is 6.42 Å². The number of thioether (sulfide) groups is 1. The van der Waals surface area contributed by atoms with Crippen LogP contribution >= 0.6 is 11.8 Å². The summed E-state index contributed by atoms with van der Waals surface area (Å²) in [6, 6.07) is 1.57. The van der Waals surface area contributed by atoms with E-state index in [0.717, 1.165) is 0 Å². The van der Waals surface area contributed by atoms with Gasteiger partial charge >= 0.3 is 0 Å². The van der Waals surface area contributed by atoms with Crippen molar-refractivity contribution >= 4 is 20.6 Å². The highest BCUT2D eigenvalue weighted by atomic mass is 32.2. The van der Waals surface area contributed by atoms with Crippen molar-refractivity contribution in [1.29, 1.82) is 0 Å². The molecule has 1 aliphatic heterocycles. The molecular formula is C5H11SSi. The minimum Gasteiger partial charge on any atom is -0.165 e. The average molecular weight is 131 g/mol. The van der Waals surface area contributed by atoms with Crippen molar-refractivity contribution in [3.05, 3.63) is 0 Å². The van der Waals surface area contributed by atoms with Crippen molar-refractivity contribution in [3.8, 4) is 0 Å². The molecule has 1 aliphatic rings. The molecule has 1 fully saturated rings. The Hall–Kier alpha value is 0.567. The third kappa shape index (κ3) is 1.87. The maximum absolute atomic E-state index is 2.44. The highest BCUT2D eigenvalue weighted by Crippen LogP contribution is 2.15. The normalized spacial score (nSPS) is 25.3. The topological polar surface area (TPSA) is 0 Å². The standard InChI is InChI=1S/C5H11SSi/c1-7-4-2-3-6-5-7/h2-5H2,1H3. The Kier molecular flexibility index (Phi) is 2.26. The first-order valence-electron chi connectivity index (χ1n) is 2.78. The molecule has 2 heteroatoms. The SMILES string of the molecule is C[Si]1CCCSC1. The van der Waals surface area contributed by atoms with E-state index >= 15 is 0 Å². The average Bonchev–Trinajstić information content (AvgIpc) is 1.69. The van der Waals surface area contributed by atoms with E-state index < -0.39 is 0 Å². The summed E-state index contributed by atoms with van der Waals surface area (Å²) >= 11 is 2.15. The van der Waals surface area contributed by atoms with Crippen LogP contribution in [0.15, 0.2) is 0 Å². The Bertz CT molecular complexity index is 50.0. The van der Waals surface area contributed by atoms with Gasteiger partial charge in [-0.2, -0.15) is 11.8 Å². The molecule has 0 N–H and O–H groups in total. The summed E-state index contributed by atoms with van der Waals surface area (Å²) in [5.74, 6) is 1.43. The largest absolute Gasteiger partial charge is 0.165 e. The molecule has 0 amide bonds. The van der Waals surface area contributed by atoms with E-state index in [-0.39, 0.29) is 8.80 Å². The molecule has 0 aromatic heterocycles. The summed E-state index contributed by atoms with van der Waals surface area (Å²) in [6.45, 7) is 2.44. The maximum atomic E-state index is 2.44. The first-order chi connectivity index (χ1) is 3.39. The van der Waals surface area contributed by atoms with Gasteiger partial charge in [0.2, 0.25) is 0 Å². The molecule has 0 aromatic carbocycles. The summed E-state index contributed by atoms with van der Waals surface area (Å²) in [5, 5.41) is 1.50. The van der Waals surface area contributed by atoms with Gasteiger partial charge in [0.15, 0.2) is 0 Å². The van der Waals surface area contributed by atoms with Gasteiger partial charge in [0.1, 0.15) is 0 Å². The van der Waals surface area contributed by atoms with Crippen LogP contribution in [-0.2, 0) is 0 Å². The van der Waals surface area contributed by atoms with Gasteiger partial charge in [-0.1, -0.05) is 12.6 Å². The lowest BCUT2D eigenvalue weighted by molar-refractivity contribution is 1.07. The van der Waals surface area contributed by atoms with E-state index in [1.54, 1.807) is 6.04 Å². The van der Waals surface area contributed by atoms with Crippen LogP contribution in [0.2, 0.25) is 12.6 Å². The predicted molar refractivity (Wildman–Crippen MR) is 38.4 cm³/mol. The second-order valence-electron chi connectivity index (χ2n) is 2.11. The van der Waals surface area contributed by atoms with E-state index in [1.807, 2.05) is 0 Å². The van der Waals surface area contributed by atoms with E-state index in [4.69, 9.17) is 0 Å². The molecule has 7 heavy (non-hydrogen) atoms. The summed E-state index contributed by atoms with van der Waals surface area (Å²) in [6.07, 6.45) is 1.50. The molecule has 0 nitrogen and oxygen atoms in total. The predicted octanol–water partition coefficient (Wildman–Crippen LogP) is 1.79. The number of hydrogen-bond acceptors (Lipinski definition) is 1. The van der Waals surface area contributed by atoms with Gasteiger partial charge in [0.05, 0.1) is 8.80 Å². The molecule has 1 heterocycles. The van der Waals surface area contributed by atoms with E-state index in [9.17, 15) is 0 Å². The Balaban J connectivity index is 2.12. The summed E-state index contributed by atoms with van der Waals surface area (Å²) in [4.78, 5) is 0. The lowest BCUT2D eigenvalue weighted by atomic mass is 10.6. The zero-order valence-electron chi connectivity index (χ0n) is 4.74. The molecule has 1 rings (SSSR count). The first-order valence-corrected chi connectivity index (χ1v) is 6.35. The van der Waals surface area contributed by atoms with Crippen molar-refractivity contribution in [3.63, 3.8) is 0 Å². The Morgan fingerprint density at radius 1 is 1.57 bits per heavy atom. The summed E-state index contributed by atoms with van der Waals surface area (Å²) < 4.78 is 0. The third-order valence-corrected chi connectivity index (χ3v) is 5.81. The van der Waals surface area contributed by atoms with E-state index in [1.165, 1.54) is 17.5 Å². The third-order valence-electron chi connectivity index (χ3n) is 1.24. The lowest BCUT2D eigenvalue weighted by Gasteiger charge is -2.13. The van der Waals surface area contributed by atoms with E-state index in [0.29, 0.717) is 0 Å². The van der Waals surface area contributed by atoms with Crippen molar-refractivity contribution in [2.45, 2.75) is 19.0 Å². The fourth-order valence-electron chi connectivity index (χ4n) is 0.795. The molecule has 0 atom stereocenters. The van der Waals surface area contributed by atoms with Gasteiger partial charge in [0, 0.05) is 0 Å². The van der Waals surface area contributed by atoms with Crippen molar-refractivity contribution < 1.29 is 0 Å².